The summed E-state index contributed by atoms with van der Waals surface area (Å²) in [5.74, 6) is -0.138. The fourth-order valence-electron chi connectivity index (χ4n) is 2.82. The Hall–Kier alpha value is -2.40. The molecule has 5 nitrogen and oxygen atoms in total. The van der Waals surface area contributed by atoms with Gasteiger partial charge >= 0.3 is 0 Å². The van der Waals surface area contributed by atoms with E-state index in [1.807, 2.05) is 56.6 Å². The number of carbonyl (C=O) groups excluding carboxylic acids is 1. The van der Waals surface area contributed by atoms with E-state index in [9.17, 15) is 4.79 Å². The lowest BCUT2D eigenvalue weighted by molar-refractivity contribution is 0.0941. The van der Waals surface area contributed by atoms with E-state index in [4.69, 9.17) is 11.6 Å². The molecule has 0 aliphatic rings. The molecule has 1 atom stereocenters. The summed E-state index contributed by atoms with van der Waals surface area (Å²) in [6.07, 6.45) is 1.71. The maximum absolute atomic E-state index is 12.8. The van der Waals surface area contributed by atoms with E-state index in [-0.39, 0.29) is 18.0 Å². The number of pyridine rings is 1. The predicted octanol–water partition coefficient (Wildman–Crippen LogP) is 4.47. The van der Waals surface area contributed by atoms with Crippen LogP contribution in [0.1, 0.15) is 54.5 Å². The molecule has 1 aromatic carbocycles. The van der Waals surface area contributed by atoms with Crippen molar-refractivity contribution in [1.82, 2.24) is 20.1 Å². The van der Waals surface area contributed by atoms with Gasteiger partial charge in [0.1, 0.15) is 0 Å². The van der Waals surface area contributed by atoms with Crippen LogP contribution in [0.5, 0.6) is 0 Å². The summed E-state index contributed by atoms with van der Waals surface area (Å²) < 4.78 is 1.84. The second-order valence-corrected chi connectivity index (χ2v) is 6.91. The minimum Gasteiger partial charge on any atom is -0.345 e. The van der Waals surface area contributed by atoms with Crippen molar-refractivity contribution in [2.24, 2.45) is 0 Å². The molecule has 2 aromatic heterocycles. The molecular weight excluding hydrogens is 336 g/mol. The van der Waals surface area contributed by atoms with Crippen molar-refractivity contribution < 1.29 is 4.79 Å². The first-order valence-corrected chi connectivity index (χ1v) is 8.66. The number of halogens is 1. The van der Waals surface area contributed by atoms with E-state index in [2.05, 4.69) is 15.4 Å². The normalized spacial score (nSPS) is 12.6. The second kappa shape index (κ2) is 6.84. The highest BCUT2D eigenvalue weighted by Gasteiger charge is 2.18. The van der Waals surface area contributed by atoms with Crippen LogP contribution < -0.4 is 5.32 Å². The van der Waals surface area contributed by atoms with Crippen molar-refractivity contribution in [2.75, 3.05) is 0 Å². The molecule has 0 fully saturated rings. The highest BCUT2D eigenvalue weighted by molar-refractivity contribution is 6.30. The van der Waals surface area contributed by atoms with E-state index in [0.717, 1.165) is 22.3 Å². The summed E-state index contributed by atoms with van der Waals surface area (Å²) in [4.78, 5) is 17.4. The molecule has 1 amide bonds. The van der Waals surface area contributed by atoms with Gasteiger partial charge in [0.25, 0.3) is 5.91 Å². The van der Waals surface area contributed by atoms with Crippen molar-refractivity contribution in [3.05, 3.63) is 58.4 Å². The average Bonchev–Trinajstić information content (AvgIpc) is 2.98. The van der Waals surface area contributed by atoms with Gasteiger partial charge in [0, 0.05) is 16.8 Å². The van der Waals surface area contributed by atoms with E-state index in [1.54, 1.807) is 12.3 Å². The number of benzene rings is 1. The summed E-state index contributed by atoms with van der Waals surface area (Å²) in [7, 11) is 0. The van der Waals surface area contributed by atoms with Crippen molar-refractivity contribution in [2.45, 2.75) is 39.8 Å². The van der Waals surface area contributed by atoms with E-state index in [1.165, 1.54) is 0 Å². The third-order valence-electron chi connectivity index (χ3n) is 4.15. The Kier molecular flexibility index (Phi) is 4.77. The molecule has 1 N–H and O–H groups in total. The molecule has 0 aliphatic carbocycles. The fourth-order valence-corrected chi connectivity index (χ4v) is 2.94. The first-order valence-electron chi connectivity index (χ1n) is 8.28. The van der Waals surface area contributed by atoms with E-state index in [0.29, 0.717) is 10.6 Å². The Morgan fingerprint density at radius 1 is 1.20 bits per heavy atom. The van der Waals surface area contributed by atoms with Crippen LogP contribution in [0.2, 0.25) is 5.02 Å². The number of hydrogen-bond donors (Lipinski definition) is 1. The Morgan fingerprint density at radius 2 is 1.88 bits per heavy atom. The molecule has 130 valence electrons. The number of carbonyl (C=O) groups is 1. The van der Waals surface area contributed by atoms with Crippen LogP contribution in [0.4, 0.5) is 0 Å². The van der Waals surface area contributed by atoms with E-state index < -0.39 is 0 Å². The Labute approximate surface area is 152 Å². The van der Waals surface area contributed by atoms with Crippen LogP contribution in [0.15, 0.2) is 36.5 Å². The van der Waals surface area contributed by atoms with Crippen molar-refractivity contribution in [3.8, 4) is 0 Å². The molecule has 0 unspecified atom stereocenters. The molecule has 0 spiro atoms. The summed E-state index contributed by atoms with van der Waals surface area (Å²) in [6.45, 7) is 7.91. The number of nitrogens with zero attached hydrogens (tertiary/aromatic N) is 3. The minimum atomic E-state index is -0.138. The van der Waals surface area contributed by atoms with Crippen LogP contribution in [0.25, 0.3) is 11.0 Å². The predicted molar refractivity (Wildman–Crippen MR) is 100.0 cm³/mol. The Bertz CT molecular complexity index is 915. The van der Waals surface area contributed by atoms with Gasteiger partial charge in [-0.15, -0.1) is 0 Å². The summed E-state index contributed by atoms with van der Waals surface area (Å²) in [5, 5.41) is 8.87. The van der Waals surface area contributed by atoms with Crippen LogP contribution in [-0.4, -0.2) is 20.7 Å². The summed E-state index contributed by atoms with van der Waals surface area (Å²) in [5.41, 5.74) is 3.12. The van der Waals surface area contributed by atoms with Crippen LogP contribution in [0, 0.1) is 6.92 Å². The number of rotatable bonds is 4. The van der Waals surface area contributed by atoms with Gasteiger partial charge < -0.3 is 5.32 Å². The number of hydrogen-bond acceptors (Lipinski definition) is 3. The number of fused-ring (bicyclic) bond motifs is 1. The largest absolute Gasteiger partial charge is 0.345 e. The van der Waals surface area contributed by atoms with E-state index >= 15 is 0 Å². The standard InChI is InChI=1S/C19H21ClN4O/c1-11(2)24-18-17(10-21-24)16(9-12(3)22-18)19(25)23-13(4)14-5-7-15(20)8-6-14/h5-11,13H,1-4H3,(H,23,25)/t13-/m1/s1. The molecule has 0 bridgehead atoms. The summed E-state index contributed by atoms with van der Waals surface area (Å²) >= 11 is 5.92. The van der Waals surface area contributed by atoms with Crippen molar-refractivity contribution in [1.29, 1.82) is 0 Å². The molecular formula is C19H21ClN4O. The van der Waals surface area contributed by atoms with Gasteiger partial charge in [-0.1, -0.05) is 23.7 Å². The minimum absolute atomic E-state index is 0.131. The first kappa shape index (κ1) is 17.4. The highest BCUT2D eigenvalue weighted by atomic mass is 35.5. The lowest BCUT2D eigenvalue weighted by atomic mass is 10.1. The molecule has 3 aromatic rings. The van der Waals surface area contributed by atoms with Gasteiger partial charge in [0.2, 0.25) is 0 Å². The number of amides is 1. The average molecular weight is 357 g/mol. The topological polar surface area (TPSA) is 59.8 Å². The third kappa shape index (κ3) is 3.51. The van der Waals surface area contributed by atoms with Crippen molar-refractivity contribution in [3.63, 3.8) is 0 Å². The molecule has 25 heavy (non-hydrogen) atoms. The lowest BCUT2D eigenvalue weighted by Gasteiger charge is -2.15. The monoisotopic (exact) mass is 356 g/mol. The van der Waals surface area contributed by atoms with Gasteiger partial charge in [-0.2, -0.15) is 5.10 Å². The summed E-state index contributed by atoms with van der Waals surface area (Å²) in [6, 6.07) is 9.32. The van der Waals surface area contributed by atoms with Crippen LogP contribution in [0.3, 0.4) is 0 Å². The van der Waals surface area contributed by atoms with Gasteiger partial charge in [-0.05, 0) is 51.5 Å². The maximum atomic E-state index is 12.8. The maximum Gasteiger partial charge on any atom is 0.252 e. The molecule has 2 heterocycles. The molecule has 0 radical (unpaired) electrons. The quantitative estimate of drug-likeness (QED) is 0.750. The van der Waals surface area contributed by atoms with Gasteiger partial charge in [-0.3, -0.25) is 4.79 Å². The SMILES string of the molecule is Cc1cc(C(=O)N[C@H](C)c2ccc(Cl)cc2)c2cnn(C(C)C)c2n1. The zero-order valence-electron chi connectivity index (χ0n) is 14.7. The second-order valence-electron chi connectivity index (χ2n) is 6.48. The molecule has 6 heteroatoms. The lowest BCUT2D eigenvalue weighted by Crippen LogP contribution is -2.27. The fraction of sp³-hybridized carbons (Fsp3) is 0.316. The number of nitrogens with one attached hydrogen (secondary N) is 1. The molecule has 0 aliphatic heterocycles. The first-order chi connectivity index (χ1) is 11.9. The smallest absolute Gasteiger partial charge is 0.252 e. The molecule has 0 saturated carbocycles. The zero-order chi connectivity index (χ0) is 18.1. The number of aromatic nitrogens is 3. The molecule has 0 saturated heterocycles. The zero-order valence-corrected chi connectivity index (χ0v) is 15.5. The van der Waals surface area contributed by atoms with Crippen LogP contribution in [-0.2, 0) is 0 Å². The van der Waals surface area contributed by atoms with Gasteiger partial charge in [0.05, 0.1) is 23.2 Å². The Balaban J connectivity index is 1.93. The van der Waals surface area contributed by atoms with Crippen molar-refractivity contribution >= 4 is 28.5 Å². The van der Waals surface area contributed by atoms with Gasteiger partial charge in [0.15, 0.2) is 5.65 Å². The highest BCUT2D eigenvalue weighted by Crippen LogP contribution is 2.22. The van der Waals surface area contributed by atoms with Crippen LogP contribution >= 0.6 is 11.6 Å². The third-order valence-corrected chi connectivity index (χ3v) is 4.40. The molecule has 3 rings (SSSR count). The van der Waals surface area contributed by atoms with Gasteiger partial charge in [-0.25, -0.2) is 9.67 Å². The number of aryl methyl sites for hydroxylation is 1. The Morgan fingerprint density at radius 3 is 2.52 bits per heavy atom.